The summed E-state index contributed by atoms with van der Waals surface area (Å²) >= 11 is 0. The number of likely N-dealkylation sites (tertiary alicyclic amines) is 1. The van der Waals surface area contributed by atoms with E-state index in [1.54, 1.807) is 0 Å². The Labute approximate surface area is 231 Å². The summed E-state index contributed by atoms with van der Waals surface area (Å²) in [6.45, 7) is 4.40. The van der Waals surface area contributed by atoms with Crippen LogP contribution in [0.4, 0.5) is 4.39 Å². The van der Waals surface area contributed by atoms with Crippen LogP contribution in [0.15, 0.2) is 6.07 Å². The van der Waals surface area contributed by atoms with Gasteiger partial charge in [-0.25, -0.2) is 4.39 Å². The lowest BCUT2D eigenvalue weighted by molar-refractivity contribution is -0.181. The second-order valence-corrected chi connectivity index (χ2v) is 12.3. The first-order chi connectivity index (χ1) is 18.7. The van der Waals surface area contributed by atoms with Crippen molar-refractivity contribution in [2.45, 2.75) is 76.2 Å². The topological polar surface area (TPSA) is 158 Å². The number of benzene rings is 1. The van der Waals surface area contributed by atoms with Crippen molar-refractivity contribution in [1.82, 2.24) is 9.80 Å². The summed E-state index contributed by atoms with van der Waals surface area (Å²) < 4.78 is 16.1. The zero-order valence-corrected chi connectivity index (χ0v) is 23.1. The highest BCUT2D eigenvalue weighted by molar-refractivity contribution is 6.32. The molecule has 10 nitrogen and oxygen atoms in total. The van der Waals surface area contributed by atoms with Crippen LogP contribution in [0, 0.1) is 29.5 Å². The molecule has 2 unspecified atom stereocenters. The number of aliphatic hydroxyl groups is 1. The fraction of sp³-hybridized carbons (Fsp3) is 0.621. The monoisotopic (exact) mass is 557 g/mol. The van der Waals surface area contributed by atoms with E-state index in [1.807, 2.05) is 0 Å². The molecule has 1 aromatic carbocycles. The molecule has 1 amide bonds. The largest absolute Gasteiger partial charge is 0.507 e. The SMILES string of the molecule is C[C@@H]1CCC[C@H](C)N1Cc1cc(O)c2c(c1F)C[C@H]1C[C@H]3[C@H](N(C)C)C(=O)C(C(N)=O)C(=O)[C@@]3(O)C(=O)C1C2=O. The van der Waals surface area contributed by atoms with Gasteiger partial charge in [-0.2, -0.15) is 0 Å². The van der Waals surface area contributed by atoms with Gasteiger partial charge in [-0.1, -0.05) is 6.42 Å². The second kappa shape index (κ2) is 9.81. The van der Waals surface area contributed by atoms with Crippen molar-refractivity contribution in [2.75, 3.05) is 14.1 Å². The van der Waals surface area contributed by atoms with Crippen LogP contribution in [0.25, 0.3) is 0 Å². The first kappa shape index (κ1) is 28.5. The van der Waals surface area contributed by atoms with Crippen molar-refractivity contribution in [2.24, 2.45) is 29.4 Å². The van der Waals surface area contributed by atoms with E-state index < -0.39 is 75.9 Å². The number of aromatic hydroxyl groups is 1. The van der Waals surface area contributed by atoms with Gasteiger partial charge in [0.05, 0.1) is 17.5 Å². The quantitative estimate of drug-likeness (QED) is 0.455. The average Bonchev–Trinajstić information content (AvgIpc) is 2.86. The first-order valence-electron chi connectivity index (χ1n) is 13.8. The van der Waals surface area contributed by atoms with Crippen LogP contribution >= 0.6 is 0 Å². The first-order valence-corrected chi connectivity index (χ1v) is 13.8. The Hall–Kier alpha value is -3.02. The lowest BCUT2D eigenvalue weighted by Gasteiger charge is -2.52. The second-order valence-electron chi connectivity index (χ2n) is 12.3. The smallest absolute Gasteiger partial charge is 0.235 e. The maximum absolute atomic E-state index is 16.1. The van der Waals surface area contributed by atoms with Crippen LogP contribution in [0.5, 0.6) is 5.75 Å². The number of hydrogen-bond acceptors (Lipinski definition) is 9. The van der Waals surface area contributed by atoms with Crippen LogP contribution in [0.3, 0.4) is 0 Å². The normalized spacial score (nSPS) is 36.3. The third kappa shape index (κ3) is 3.96. The van der Waals surface area contributed by atoms with E-state index in [1.165, 1.54) is 25.1 Å². The summed E-state index contributed by atoms with van der Waals surface area (Å²) in [6, 6.07) is 0.457. The highest BCUT2D eigenvalue weighted by Gasteiger charge is 2.69. The van der Waals surface area contributed by atoms with Crippen LogP contribution in [-0.2, 0) is 32.1 Å². The minimum absolute atomic E-state index is 0.00156. The Morgan fingerprint density at radius 2 is 1.77 bits per heavy atom. The predicted molar refractivity (Wildman–Crippen MR) is 140 cm³/mol. The minimum Gasteiger partial charge on any atom is -0.507 e. The molecule has 1 saturated heterocycles. The fourth-order valence-electron chi connectivity index (χ4n) is 7.81. The Morgan fingerprint density at radius 1 is 1.15 bits per heavy atom. The molecule has 0 radical (unpaired) electrons. The van der Waals surface area contributed by atoms with Crippen LogP contribution in [0.2, 0.25) is 0 Å². The highest BCUT2D eigenvalue weighted by atomic mass is 19.1. The van der Waals surface area contributed by atoms with Crippen molar-refractivity contribution >= 4 is 29.0 Å². The summed E-state index contributed by atoms with van der Waals surface area (Å²) in [6.07, 6.45) is 2.81. The van der Waals surface area contributed by atoms with E-state index >= 15 is 4.39 Å². The van der Waals surface area contributed by atoms with Gasteiger partial charge in [0.2, 0.25) is 5.91 Å². The molecule has 40 heavy (non-hydrogen) atoms. The van der Waals surface area contributed by atoms with Gasteiger partial charge in [0, 0.05) is 35.7 Å². The number of carbonyl (C=O) groups excluding carboxylic acids is 5. The Balaban J connectivity index is 1.57. The molecule has 0 aromatic heterocycles. The molecule has 5 rings (SSSR count). The number of Topliss-reactive ketones (excluding diaryl/α,β-unsaturated/α-hetero) is 4. The summed E-state index contributed by atoms with van der Waals surface area (Å²) in [4.78, 5) is 69.7. The average molecular weight is 558 g/mol. The fourth-order valence-corrected chi connectivity index (χ4v) is 7.81. The van der Waals surface area contributed by atoms with Gasteiger partial charge in [-0.3, -0.25) is 33.8 Å². The van der Waals surface area contributed by atoms with Gasteiger partial charge >= 0.3 is 0 Å². The van der Waals surface area contributed by atoms with Gasteiger partial charge in [-0.15, -0.1) is 0 Å². The Bertz CT molecular complexity index is 1320. The van der Waals surface area contributed by atoms with E-state index in [0.29, 0.717) is 0 Å². The van der Waals surface area contributed by atoms with E-state index in [0.717, 1.165) is 19.3 Å². The third-order valence-electron chi connectivity index (χ3n) is 9.80. The molecular formula is C29H36FN3O7. The summed E-state index contributed by atoms with van der Waals surface area (Å²) in [5.74, 6) is -12.2. The van der Waals surface area contributed by atoms with Gasteiger partial charge in [0.15, 0.2) is 34.7 Å². The molecule has 1 heterocycles. The van der Waals surface area contributed by atoms with Crippen molar-refractivity contribution in [3.63, 3.8) is 0 Å². The molecule has 3 fully saturated rings. The van der Waals surface area contributed by atoms with Gasteiger partial charge in [0.1, 0.15) is 11.6 Å². The Morgan fingerprint density at radius 3 is 2.35 bits per heavy atom. The number of carbonyl (C=O) groups is 5. The van der Waals surface area contributed by atoms with Crippen LogP contribution in [0.1, 0.15) is 61.0 Å². The van der Waals surface area contributed by atoms with Crippen molar-refractivity contribution in [3.8, 4) is 5.75 Å². The zero-order valence-electron chi connectivity index (χ0n) is 23.1. The number of phenols is 1. The zero-order chi connectivity index (χ0) is 29.4. The summed E-state index contributed by atoms with van der Waals surface area (Å²) in [7, 11) is 3.03. The number of piperidine rings is 1. The number of likely N-dealkylation sites (N-methyl/N-ethyl adjacent to an activating group) is 1. The molecule has 0 bridgehead atoms. The molecule has 2 saturated carbocycles. The minimum atomic E-state index is -2.80. The number of nitrogens with two attached hydrogens (primary N) is 1. The summed E-state index contributed by atoms with van der Waals surface area (Å²) in [5, 5.41) is 22.5. The Kier molecular flexibility index (Phi) is 6.99. The number of primary amides is 1. The molecule has 1 aliphatic heterocycles. The highest BCUT2D eigenvalue weighted by Crippen LogP contribution is 2.51. The molecule has 216 valence electrons. The summed E-state index contributed by atoms with van der Waals surface area (Å²) in [5.41, 5.74) is 2.45. The lowest BCUT2D eigenvalue weighted by Crippen LogP contribution is -2.74. The van der Waals surface area contributed by atoms with Gasteiger partial charge < -0.3 is 15.9 Å². The molecular weight excluding hydrogens is 521 g/mol. The number of halogens is 1. The predicted octanol–water partition coefficient (Wildman–Crippen LogP) is 0.769. The molecule has 1 aromatic rings. The maximum atomic E-state index is 16.1. The maximum Gasteiger partial charge on any atom is 0.235 e. The number of phenolic OH excluding ortho intramolecular Hbond substituents is 1. The number of nitrogens with zero attached hydrogens (tertiary/aromatic N) is 2. The molecule has 8 atom stereocenters. The van der Waals surface area contributed by atoms with Gasteiger partial charge in [-0.05, 0) is 65.6 Å². The molecule has 4 aliphatic rings. The van der Waals surface area contributed by atoms with Gasteiger partial charge in [0.25, 0.3) is 0 Å². The number of hydrogen-bond donors (Lipinski definition) is 3. The molecule has 4 N–H and O–H groups in total. The van der Waals surface area contributed by atoms with E-state index in [-0.39, 0.29) is 48.2 Å². The van der Waals surface area contributed by atoms with Crippen molar-refractivity contribution in [1.29, 1.82) is 0 Å². The van der Waals surface area contributed by atoms with Crippen LogP contribution < -0.4 is 5.73 Å². The van der Waals surface area contributed by atoms with Crippen molar-refractivity contribution in [3.05, 3.63) is 28.6 Å². The molecule has 3 aliphatic carbocycles. The van der Waals surface area contributed by atoms with E-state index in [9.17, 15) is 34.2 Å². The number of amides is 1. The standard InChI is InChI=1S/C29H36FN3O7/c1-12-6-5-7-13(2)33(12)11-15-10-18(34)20-16(22(15)30)8-14-9-17-23(32(3)4)25(36)21(28(31)39)27(38)29(17,40)26(37)19(14)24(20)35/h10,12-14,17,19,21,23,34,40H,5-9,11H2,1-4H3,(H2,31,39)/t12-,13+,14-,17-,19?,21?,23-,29-/m0/s1. The van der Waals surface area contributed by atoms with Crippen LogP contribution in [-0.4, -0.2) is 86.9 Å². The number of ketones is 4. The third-order valence-corrected chi connectivity index (χ3v) is 9.80. The number of fused-ring (bicyclic) bond motifs is 3. The van der Waals surface area contributed by atoms with E-state index in [4.69, 9.17) is 5.73 Å². The number of rotatable bonds is 4. The molecule has 0 spiro atoms. The lowest BCUT2D eigenvalue weighted by atomic mass is 9.52. The van der Waals surface area contributed by atoms with E-state index in [2.05, 4.69) is 18.7 Å². The molecule has 11 heteroatoms. The van der Waals surface area contributed by atoms with Crippen molar-refractivity contribution < 1.29 is 38.6 Å².